The first-order valence-electron chi connectivity index (χ1n) is 7.80. The van der Waals surface area contributed by atoms with Gasteiger partial charge in [-0.3, -0.25) is 5.32 Å². The Bertz CT molecular complexity index is 572. The van der Waals surface area contributed by atoms with Gasteiger partial charge in [-0.1, -0.05) is 20.8 Å². The zero-order valence-corrected chi connectivity index (χ0v) is 16.5. The molecule has 0 saturated carbocycles. The topological polar surface area (TPSA) is 73.6 Å². The second kappa shape index (κ2) is 6.43. The fourth-order valence-corrected chi connectivity index (χ4v) is 2.60. The van der Waals surface area contributed by atoms with Crippen LogP contribution >= 0.6 is 0 Å². The van der Waals surface area contributed by atoms with E-state index in [1.807, 2.05) is 26.8 Å². The maximum atomic E-state index is 11.8. The van der Waals surface area contributed by atoms with Gasteiger partial charge in [-0.15, -0.1) is 0 Å². The SMILES string of the molecule is CC(C)(C)OC(=O)Nc1ccc(O[Si](C)(C)C(C)(C)C)cc1N. The van der Waals surface area contributed by atoms with Gasteiger partial charge >= 0.3 is 6.09 Å². The monoisotopic (exact) mass is 338 g/mol. The minimum absolute atomic E-state index is 0.106. The van der Waals surface area contributed by atoms with Gasteiger partial charge in [-0.25, -0.2) is 4.79 Å². The van der Waals surface area contributed by atoms with Crippen LogP contribution in [0.3, 0.4) is 0 Å². The lowest BCUT2D eigenvalue weighted by atomic mass is 10.2. The molecule has 1 amide bonds. The van der Waals surface area contributed by atoms with Gasteiger partial charge in [0.25, 0.3) is 0 Å². The van der Waals surface area contributed by atoms with Crippen molar-refractivity contribution < 1.29 is 14.0 Å². The van der Waals surface area contributed by atoms with E-state index in [0.717, 1.165) is 5.75 Å². The summed E-state index contributed by atoms with van der Waals surface area (Å²) in [6, 6.07) is 5.30. The van der Waals surface area contributed by atoms with E-state index < -0.39 is 20.0 Å². The average Bonchev–Trinajstić information content (AvgIpc) is 2.28. The van der Waals surface area contributed by atoms with Crippen molar-refractivity contribution in [2.45, 2.75) is 65.3 Å². The first-order chi connectivity index (χ1) is 10.2. The third-order valence-corrected chi connectivity index (χ3v) is 8.20. The van der Waals surface area contributed by atoms with E-state index in [2.05, 4.69) is 39.2 Å². The molecule has 0 unspecified atom stereocenters. The van der Waals surface area contributed by atoms with Crippen LogP contribution in [0.4, 0.5) is 16.2 Å². The standard InChI is InChI=1S/C17H30N2O3Si/c1-16(2,3)21-15(20)19-14-10-9-12(11-13(14)18)22-23(7,8)17(4,5)6/h9-11H,18H2,1-8H3,(H,19,20). The molecule has 0 bridgehead atoms. The summed E-state index contributed by atoms with van der Waals surface area (Å²) in [6.07, 6.45) is -0.526. The zero-order chi connectivity index (χ0) is 18.1. The molecule has 3 N–H and O–H groups in total. The lowest BCUT2D eigenvalue weighted by molar-refractivity contribution is 0.0636. The first-order valence-corrected chi connectivity index (χ1v) is 10.7. The molecule has 1 aromatic carbocycles. The highest BCUT2D eigenvalue weighted by molar-refractivity contribution is 6.74. The zero-order valence-electron chi connectivity index (χ0n) is 15.5. The van der Waals surface area contributed by atoms with Gasteiger partial charge in [0.05, 0.1) is 11.4 Å². The van der Waals surface area contributed by atoms with Gasteiger partial charge in [-0.2, -0.15) is 0 Å². The molecule has 0 aliphatic rings. The molecule has 0 fully saturated rings. The molecule has 0 radical (unpaired) electrons. The number of rotatable bonds is 3. The third kappa shape index (κ3) is 5.78. The van der Waals surface area contributed by atoms with E-state index in [0.29, 0.717) is 11.4 Å². The second-order valence-electron chi connectivity index (χ2n) is 8.24. The normalized spacial score (nSPS) is 12.7. The Labute approximate surface area is 140 Å². The molecule has 6 heteroatoms. The number of ether oxygens (including phenoxy) is 1. The molecule has 1 rings (SSSR count). The number of carbonyl (C=O) groups is 1. The van der Waals surface area contributed by atoms with Crippen LogP contribution in [-0.4, -0.2) is 20.0 Å². The minimum atomic E-state index is -1.92. The van der Waals surface area contributed by atoms with Crippen LogP contribution in [0.5, 0.6) is 5.75 Å². The molecule has 0 aliphatic carbocycles. The number of benzene rings is 1. The molecule has 23 heavy (non-hydrogen) atoms. The lowest BCUT2D eigenvalue weighted by Crippen LogP contribution is -2.43. The fraction of sp³-hybridized carbons (Fsp3) is 0.588. The molecule has 0 spiro atoms. The minimum Gasteiger partial charge on any atom is -0.543 e. The first kappa shape index (κ1) is 19.4. The Kier molecular flexibility index (Phi) is 5.41. The van der Waals surface area contributed by atoms with Crippen LogP contribution in [0.2, 0.25) is 18.1 Å². The number of anilines is 2. The Morgan fingerprint density at radius 1 is 1.13 bits per heavy atom. The van der Waals surface area contributed by atoms with Gasteiger partial charge < -0.3 is 14.9 Å². The lowest BCUT2D eigenvalue weighted by Gasteiger charge is -2.36. The Morgan fingerprint density at radius 2 is 1.70 bits per heavy atom. The van der Waals surface area contributed by atoms with E-state index in [1.165, 1.54) is 0 Å². The maximum absolute atomic E-state index is 11.8. The van der Waals surface area contributed by atoms with Gasteiger partial charge in [0.2, 0.25) is 8.32 Å². The van der Waals surface area contributed by atoms with Crippen molar-refractivity contribution in [2.24, 2.45) is 0 Å². The summed E-state index contributed by atoms with van der Waals surface area (Å²) in [5.74, 6) is 0.726. The highest BCUT2D eigenvalue weighted by atomic mass is 28.4. The van der Waals surface area contributed by atoms with Crippen LogP contribution in [0, 0.1) is 0 Å². The van der Waals surface area contributed by atoms with E-state index in [-0.39, 0.29) is 5.04 Å². The van der Waals surface area contributed by atoms with E-state index >= 15 is 0 Å². The third-order valence-electron chi connectivity index (χ3n) is 3.84. The summed E-state index contributed by atoms with van der Waals surface area (Å²) in [5, 5.41) is 2.76. The molecule has 0 aromatic heterocycles. The number of amides is 1. The number of nitrogens with two attached hydrogens (primary N) is 1. The summed E-state index contributed by atoms with van der Waals surface area (Å²) in [4.78, 5) is 11.8. The van der Waals surface area contributed by atoms with Crippen LogP contribution in [0.1, 0.15) is 41.5 Å². The predicted molar refractivity (Wildman–Crippen MR) is 98.5 cm³/mol. The number of hydrogen-bond donors (Lipinski definition) is 2. The molecule has 1 aromatic rings. The summed E-state index contributed by atoms with van der Waals surface area (Å²) >= 11 is 0. The molecule has 0 saturated heterocycles. The van der Waals surface area contributed by atoms with Crippen molar-refractivity contribution >= 4 is 25.8 Å². The summed E-state index contributed by atoms with van der Waals surface area (Å²) in [5.41, 5.74) is 6.44. The van der Waals surface area contributed by atoms with Crippen molar-refractivity contribution in [1.82, 2.24) is 0 Å². The number of nitrogen functional groups attached to an aromatic ring is 1. The van der Waals surface area contributed by atoms with Crippen LogP contribution in [0.15, 0.2) is 18.2 Å². The predicted octanol–water partition coefficient (Wildman–Crippen LogP) is 5.00. The van der Waals surface area contributed by atoms with Gasteiger partial charge in [0, 0.05) is 6.07 Å². The van der Waals surface area contributed by atoms with Crippen molar-refractivity contribution in [3.8, 4) is 5.75 Å². The van der Waals surface area contributed by atoms with Gasteiger partial charge in [-0.05, 0) is 51.0 Å². The Morgan fingerprint density at radius 3 is 2.13 bits per heavy atom. The summed E-state index contributed by atoms with van der Waals surface area (Å²) in [7, 11) is -1.92. The second-order valence-corrected chi connectivity index (χ2v) is 13.0. The fourth-order valence-electron chi connectivity index (χ4n) is 1.58. The molecular weight excluding hydrogens is 308 g/mol. The molecule has 0 atom stereocenters. The Hall–Kier alpha value is -1.69. The van der Waals surface area contributed by atoms with Gasteiger partial charge in [0.1, 0.15) is 11.4 Å². The van der Waals surface area contributed by atoms with Crippen LogP contribution in [-0.2, 0) is 4.74 Å². The van der Waals surface area contributed by atoms with Crippen LogP contribution in [0.25, 0.3) is 0 Å². The van der Waals surface area contributed by atoms with Crippen molar-refractivity contribution in [1.29, 1.82) is 0 Å². The summed E-state index contributed by atoms with van der Waals surface area (Å²) < 4.78 is 11.4. The molecular formula is C17H30N2O3Si. The number of carbonyl (C=O) groups excluding carboxylic acids is 1. The molecule has 130 valence electrons. The Balaban J connectivity index is 2.85. The van der Waals surface area contributed by atoms with Crippen molar-refractivity contribution in [3.63, 3.8) is 0 Å². The van der Waals surface area contributed by atoms with Crippen LogP contribution < -0.4 is 15.5 Å². The van der Waals surface area contributed by atoms with E-state index in [1.54, 1.807) is 12.1 Å². The van der Waals surface area contributed by atoms with Crippen molar-refractivity contribution in [2.75, 3.05) is 11.1 Å². The highest BCUT2D eigenvalue weighted by Crippen LogP contribution is 2.38. The number of nitrogens with one attached hydrogen (secondary N) is 1. The summed E-state index contributed by atoms with van der Waals surface area (Å²) in [6.45, 7) is 16.3. The van der Waals surface area contributed by atoms with Crippen molar-refractivity contribution in [3.05, 3.63) is 18.2 Å². The highest BCUT2D eigenvalue weighted by Gasteiger charge is 2.39. The average molecular weight is 339 g/mol. The molecule has 0 aliphatic heterocycles. The number of hydrogen-bond acceptors (Lipinski definition) is 4. The molecule has 0 heterocycles. The smallest absolute Gasteiger partial charge is 0.412 e. The maximum Gasteiger partial charge on any atom is 0.412 e. The van der Waals surface area contributed by atoms with E-state index in [9.17, 15) is 4.79 Å². The largest absolute Gasteiger partial charge is 0.543 e. The van der Waals surface area contributed by atoms with E-state index in [4.69, 9.17) is 14.9 Å². The quantitative estimate of drug-likeness (QED) is 0.601. The molecule has 5 nitrogen and oxygen atoms in total. The van der Waals surface area contributed by atoms with Gasteiger partial charge in [0.15, 0.2) is 0 Å².